The fourth-order valence-corrected chi connectivity index (χ4v) is 2.23. The Bertz CT molecular complexity index is 583. The summed E-state index contributed by atoms with van der Waals surface area (Å²) in [6, 6.07) is 1.81. The number of hydrogen-bond acceptors (Lipinski definition) is 5. The molecule has 0 bridgehead atoms. The Morgan fingerprint density at radius 2 is 2.14 bits per heavy atom. The monoisotopic (exact) mass is 370 g/mol. The van der Waals surface area contributed by atoms with Crippen LogP contribution in [0.15, 0.2) is 12.3 Å². The van der Waals surface area contributed by atoms with Crippen LogP contribution in [0.1, 0.15) is 32.8 Å². The molecule has 0 aliphatic carbocycles. The van der Waals surface area contributed by atoms with E-state index in [-0.39, 0.29) is 12.3 Å². The number of hydrogen-bond donors (Lipinski definition) is 0. The zero-order chi connectivity index (χ0) is 16.3. The topological polar surface area (TPSA) is 68.7 Å². The minimum atomic E-state index is -0.694. The van der Waals surface area contributed by atoms with Crippen molar-refractivity contribution in [2.45, 2.75) is 39.2 Å². The second kappa shape index (κ2) is 6.64. The molecule has 0 radical (unpaired) electrons. The number of aromatic nitrogens is 1. The Balaban J connectivity index is 2.27. The number of rotatable bonds is 3. The molecule has 22 heavy (non-hydrogen) atoms. The third-order valence-corrected chi connectivity index (χ3v) is 3.23. The molecule has 120 valence electrons. The summed E-state index contributed by atoms with van der Waals surface area (Å²) in [6.07, 6.45) is 1.60. The SMILES string of the molecule is CC(C)(C)OC(=O)N1C(=O)CCc2cc(OCCBr)cnc21. The largest absolute Gasteiger partial charge is 0.491 e. The van der Waals surface area contributed by atoms with Gasteiger partial charge < -0.3 is 9.47 Å². The average molecular weight is 371 g/mol. The number of alkyl halides is 1. The number of anilines is 1. The fourth-order valence-electron chi connectivity index (χ4n) is 2.07. The number of amides is 2. The lowest BCUT2D eigenvalue weighted by Crippen LogP contribution is -2.44. The molecule has 0 N–H and O–H groups in total. The summed E-state index contributed by atoms with van der Waals surface area (Å²) in [6.45, 7) is 5.79. The van der Waals surface area contributed by atoms with Crippen molar-refractivity contribution < 1.29 is 19.1 Å². The van der Waals surface area contributed by atoms with Gasteiger partial charge in [-0.25, -0.2) is 9.78 Å². The molecule has 1 aliphatic rings. The molecule has 6 nitrogen and oxygen atoms in total. The van der Waals surface area contributed by atoms with Crippen molar-refractivity contribution in [2.75, 3.05) is 16.8 Å². The maximum Gasteiger partial charge on any atom is 0.423 e. The molecule has 2 rings (SSSR count). The summed E-state index contributed by atoms with van der Waals surface area (Å²) >= 11 is 3.29. The first-order valence-corrected chi connectivity index (χ1v) is 8.17. The number of carbonyl (C=O) groups is 2. The number of carbonyl (C=O) groups excluding carboxylic acids is 2. The maximum absolute atomic E-state index is 12.2. The molecule has 0 fully saturated rings. The highest BCUT2D eigenvalue weighted by Crippen LogP contribution is 2.30. The van der Waals surface area contributed by atoms with Gasteiger partial charge in [0.05, 0.1) is 12.8 Å². The van der Waals surface area contributed by atoms with Gasteiger partial charge >= 0.3 is 6.09 Å². The summed E-state index contributed by atoms with van der Waals surface area (Å²) in [7, 11) is 0. The molecule has 0 aromatic carbocycles. The summed E-state index contributed by atoms with van der Waals surface area (Å²) < 4.78 is 10.8. The smallest absolute Gasteiger partial charge is 0.423 e. The molecule has 0 saturated carbocycles. The normalized spacial score (nSPS) is 14.5. The third kappa shape index (κ3) is 3.97. The molecule has 0 unspecified atom stereocenters. The number of aryl methyl sites for hydroxylation is 1. The molecule has 1 aliphatic heterocycles. The zero-order valence-electron chi connectivity index (χ0n) is 12.9. The molecular formula is C15H19BrN2O4. The van der Waals surface area contributed by atoms with Gasteiger partial charge in [0.2, 0.25) is 5.91 Å². The predicted molar refractivity (Wildman–Crippen MR) is 85.6 cm³/mol. The van der Waals surface area contributed by atoms with Gasteiger partial charge in [-0.15, -0.1) is 0 Å². The van der Waals surface area contributed by atoms with E-state index in [1.165, 1.54) is 6.20 Å². The van der Waals surface area contributed by atoms with Crippen molar-refractivity contribution in [1.29, 1.82) is 0 Å². The first-order chi connectivity index (χ1) is 10.3. The van der Waals surface area contributed by atoms with E-state index in [1.54, 1.807) is 20.8 Å². The molecule has 0 spiro atoms. The first-order valence-electron chi connectivity index (χ1n) is 7.05. The van der Waals surface area contributed by atoms with Gasteiger partial charge in [0, 0.05) is 11.8 Å². The van der Waals surface area contributed by atoms with Crippen LogP contribution in [0.2, 0.25) is 0 Å². The summed E-state index contributed by atoms with van der Waals surface area (Å²) in [5.41, 5.74) is 0.131. The van der Waals surface area contributed by atoms with E-state index in [0.717, 1.165) is 10.5 Å². The average Bonchev–Trinajstić information content (AvgIpc) is 2.42. The molecule has 0 atom stereocenters. The van der Waals surface area contributed by atoms with E-state index in [2.05, 4.69) is 20.9 Å². The van der Waals surface area contributed by atoms with E-state index < -0.39 is 11.7 Å². The van der Waals surface area contributed by atoms with E-state index in [0.29, 0.717) is 29.9 Å². The summed E-state index contributed by atoms with van der Waals surface area (Å²) in [5.74, 6) is 0.650. The van der Waals surface area contributed by atoms with Crippen LogP contribution < -0.4 is 9.64 Å². The van der Waals surface area contributed by atoms with Crippen LogP contribution in [0, 0.1) is 0 Å². The molecule has 2 heterocycles. The Morgan fingerprint density at radius 1 is 1.41 bits per heavy atom. The molecule has 0 saturated heterocycles. The highest BCUT2D eigenvalue weighted by molar-refractivity contribution is 9.09. The zero-order valence-corrected chi connectivity index (χ0v) is 14.5. The van der Waals surface area contributed by atoms with Crippen molar-refractivity contribution in [2.24, 2.45) is 0 Å². The second-order valence-electron chi connectivity index (χ2n) is 5.90. The molecule has 1 aromatic heterocycles. The van der Waals surface area contributed by atoms with Gasteiger partial charge in [-0.2, -0.15) is 4.90 Å². The Morgan fingerprint density at radius 3 is 2.77 bits per heavy atom. The Kier molecular flexibility index (Phi) is 5.05. The number of ether oxygens (including phenoxy) is 2. The van der Waals surface area contributed by atoms with Crippen LogP contribution in [0.5, 0.6) is 5.75 Å². The van der Waals surface area contributed by atoms with Crippen LogP contribution in [0.4, 0.5) is 10.6 Å². The minimum Gasteiger partial charge on any atom is -0.491 e. The van der Waals surface area contributed by atoms with E-state index in [4.69, 9.17) is 9.47 Å². The summed E-state index contributed by atoms with van der Waals surface area (Å²) in [5, 5.41) is 0.715. The van der Waals surface area contributed by atoms with Gasteiger partial charge in [0.15, 0.2) is 0 Å². The van der Waals surface area contributed by atoms with Gasteiger partial charge in [-0.3, -0.25) is 4.79 Å². The number of fused-ring (bicyclic) bond motifs is 1. The predicted octanol–water partition coefficient (Wildman–Crippen LogP) is 3.07. The van der Waals surface area contributed by atoms with Crippen LogP contribution in [-0.4, -0.2) is 34.5 Å². The van der Waals surface area contributed by atoms with Crippen LogP contribution >= 0.6 is 15.9 Å². The molecular weight excluding hydrogens is 352 g/mol. The van der Waals surface area contributed by atoms with Crippen LogP contribution in [-0.2, 0) is 16.0 Å². The molecule has 1 aromatic rings. The standard InChI is InChI=1S/C15H19BrN2O4/c1-15(2,3)22-14(20)18-12(19)5-4-10-8-11(21-7-6-16)9-17-13(10)18/h8-9H,4-7H2,1-3H3. The highest BCUT2D eigenvalue weighted by atomic mass is 79.9. The molecule has 7 heteroatoms. The third-order valence-electron chi connectivity index (χ3n) is 2.91. The Labute approximate surface area is 137 Å². The summed E-state index contributed by atoms with van der Waals surface area (Å²) in [4.78, 5) is 29.6. The lowest BCUT2D eigenvalue weighted by atomic mass is 10.1. The van der Waals surface area contributed by atoms with Crippen molar-refractivity contribution in [1.82, 2.24) is 4.98 Å². The number of nitrogens with zero attached hydrogens (tertiary/aromatic N) is 2. The molecule has 2 amide bonds. The van der Waals surface area contributed by atoms with E-state index in [9.17, 15) is 9.59 Å². The number of halogens is 1. The van der Waals surface area contributed by atoms with Crippen molar-refractivity contribution in [3.05, 3.63) is 17.8 Å². The van der Waals surface area contributed by atoms with Crippen LogP contribution in [0.25, 0.3) is 0 Å². The van der Waals surface area contributed by atoms with Crippen molar-refractivity contribution in [3.63, 3.8) is 0 Å². The second-order valence-corrected chi connectivity index (χ2v) is 6.69. The van der Waals surface area contributed by atoms with Gasteiger partial charge in [0.25, 0.3) is 0 Å². The van der Waals surface area contributed by atoms with E-state index in [1.807, 2.05) is 6.07 Å². The van der Waals surface area contributed by atoms with Crippen molar-refractivity contribution in [3.8, 4) is 5.75 Å². The van der Waals surface area contributed by atoms with Gasteiger partial charge in [-0.05, 0) is 38.8 Å². The highest BCUT2D eigenvalue weighted by Gasteiger charge is 2.34. The lowest BCUT2D eigenvalue weighted by Gasteiger charge is -2.29. The number of imide groups is 1. The van der Waals surface area contributed by atoms with Crippen molar-refractivity contribution >= 4 is 33.7 Å². The van der Waals surface area contributed by atoms with E-state index >= 15 is 0 Å². The number of pyridine rings is 1. The fraction of sp³-hybridized carbons (Fsp3) is 0.533. The van der Waals surface area contributed by atoms with Gasteiger partial charge in [0.1, 0.15) is 17.2 Å². The first kappa shape index (κ1) is 16.7. The lowest BCUT2D eigenvalue weighted by molar-refractivity contribution is -0.118. The van der Waals surface area contributed by atoms with Crippen LogP contribution in [0.3, 0.4) is 0 Å². The van der Waals surface area contributed by atoms with Gasteiger partial charge in [-0.1, -0.05) is 15.9 Å². The Hall–Kier alpha value is -1.63. The maximum atomic E-state index is 12.2. The minimum absolute atomic E-state index is 0.246. The quantitative estimate of drug-likeness (QED) is 0.764.